The molecule has 0 nitrogen and oxygen atoms in total. The van der Waals surface area contributed by atoms with Crippen molar-refractivity contribution in [1.82, 2.24) is 0 Å². The summed E-state index contributed by atoms with van der Waals surface area (Å²) in [6, 6.07) is 10.7. The van der Waals surface area contributed by atoms with E-state index < -0.39 is 0 Å². The molecule has 0 spiro atoms. The Balaban J connectivity index is 1.95. The smallest absolute Gasteiger partial charge is 0.0270 e. The van der Waals surface area contributed by atoms with Crippen LogP contribution in [-0.4, -0.2) is 4.86 Å². The predicted octanol–water partition coefficient (Wildman–Crippen LogP) is 4.70. The first kappa shape index (κ1) is 9.82. The van der Waals surface area contributed by atoms with E-state index >= 15 is 0 Å². The lowest BCUT2D eigenvalue weighted by atomic mass is 10.1. The Morgan fingerprint density at radius 3 is 2.67 bits per heavy atom. The van der Waals surface area contributed by atoms with Crippen molar-refractivity contribution in [3.05, 3.63) is 53.0 Å². The number of rotatable bonds is 1. The minimum Gasteiger partial charge on any atom is -0.0622 e. The molecule has 0 radical (unpaired) electrons. The van der Waals surface area contributed by atoms with Crippen LogP contribution < -0.4 is 0 Å². The molecule has 15 heavy (non-hydrogen) atoms. The zero-order valence-electron chi connectivity index (χ0n) is 8.27. The maximum absolute atomic E-state index is 2.36. The van der Waals surface area contributed by atoms with Gasteiger partial charge in [0.1, 0.15) is 0 Å². The normalized spacial score (nSPS) is 23.8. The Morgan fingerprint density at radius 1 is 1.13 bits per heavy atom. The first-order valence-corrected chi connectivity index (χ1v) is 8.71. The van der Waals surface area contributed by atoms with E-state index in [0.29, 0.717) is 8.55 Å². The van der Waals surface area contributed by atoms with E-state index in [9.17, 15) is 0 Å². The monoisotopic (exact) mass is 250 g/mol. The van der Waals surface area contributed by atoms with Gasteiger partial charge in [0.05, 0.1) is 0 Å². The van der Waals surface area contributed by atoms with E-state index in [1.165, 1.54) is 20.9 Å². The van der Waals surface area contributed by atoms with Crippen molar-refractivity contribution in [2.75, 3.05) is 0 Å². The quantitative estimate of drug-likeness (QED) is 0.523. The van der Waals surface area contributed by atoms with Gasteiger partial charge >= 0.3 is 0 Å². The second kappa shape index (κ2) is 3.89. The van der Waals surface area contributed by atoms with Gasteiger partial charge in [0.15, 0.2) is 0 Å². The Kier molecular flexibility index (Phi) is 2.54. The first-order chi connectivity index (χ1) is 7.34. The fourth-order valence-electron chi connectivity index (χ4n) is 1.54. The van der Waals surface area contributed by atoms with Crippen molar-refractivity contribution in [2.24, 2.45) is 0 Å². The maximum atomic E-state index is 2.36. The van der Waals surface area contributed by atoms with Crippen LogP contribution in [0.3, 0.4) is 0 Å². The average molecular weight is 250 g/mol. The molecule has 0 aromatic heterocycles. The molecule has 1 atom stereocenters. The zero-order chi connectivity index (χ0) is 10.3. The lowest BCUT2D eigenvalue weighted by Crippen LogP contribution is -1.87. The van der Waals surface area contributed by atoms with Gasteiger partial charge in [-0.15, -0.1) is 0 Å². The van der Waals surface area contributed by atoms with Crippen LogP contribution in [0, 0.1) is 0 Å². The van der Waals surface area contributed by atoms with Crippen LogP contribution in [0.25, 0.3) is 4.91 Å². The molecule has 2 aliphatic heterocycles. The molecule has 2 heterocycles. The summed E-state index contributed by atoms with van der Waals surface area (Å²) in [5, 5.41) is 2.28. The topological polar surface area (TPSA) is 0 Å². The summed E-state index contributed by atoms with van der Waals surface area (Å²) in [6.07, 6.45) is 2.36. The van der Waals surface area contributed by atoms with Crippen LogP contribution >= 0.6 is 30.1 Å². The highest BCUT2D eigenvalue weighted by Crippen LogP contribution is 2.60. The molecule has 3 heteroatoms. The van der Waals surface area contributed by atoms with E-state index in [4.69, 9.17) is 0 Å². The third-order valence-corrected chi connectivity index (χ3v) is 8.68. The molecule has 1 aromatic rings. The summed E-state index contributed by atoms with van der Waals surface area (Å²) in [5.74, 6) is 0. The second-order valence-corrected chi connectivity index (χ2v) is 9.11. The molecular formula is C12H10S3. The summed E-state index contributed by atoms with van der Waals surface area (Å²) >= 11 is 0. The Labute approximate surface area is 99.6 Å². The number of hydrogen-bond donors (Lipinski definition) is 0. The minimum atomic E-state index is 0.336. The molecule has 0 N–H and O–H groups in total. The third kappa shape index (κ3) is 1.73. The predicted molar refractivity (Wildman–Crippen MR) is 76.0 cm³/mol. The van der Waals surface area contributed by atoms with Gasteiger partial charge in [0.2, 0.25) is 0 Å². The molecule has 0 saturated heterocycles. The fourth-order valence-corrected chi connectivity index (χ4v) is 8.14. The molecule has 1 unspecified atom stereocenters. The van der Waals surface area contributed by atoms with Crippen molar-refractivity contribution in [2.45, 2.75) is 6.92 Å². The Hall–Kier alpha value is -0.380. The zero-order valence-corrected chi connectivity index (χ0v) is 10.7. The second-order valence-electron chi connectivity index (χ2n) is 3.45. The molecule has 76 valence electrons. The van der Waals surface area contributed by atoms with Crippen molar-refractivity contribution >= 4 is 39.9 Å². The lowest BCUT2D eigenvalue weighted by Gasteiger charge is -2.02. The minimum absolute atomic E-state index is 0.336. The SMILES string of the molecule is CC1=CSS2=C1C=C(c1ccccc1)S2. The summed E-state index contributed by atoms with van der Waals surface area (Å²) in [5.41, 5.74) is 2.80. The van der Waals surface area contributed by atoms with Crippen LogP contribution in [0.1, 0.15) is 12.5 Å². The van der Waals surface area contributed by atoms with Crippen LogP contribution in [-0.2, 0) is 0 Å². The van der Waals surface area contributed by atoms with E-state index in [2.05, 4.69) is 48.7 Å². The summed E-state index contributed by atoms with van der Waals surface area (Å²) < 4.78 is 0. The van der Waals surface area contributed by atoms with E-state index in [1.54, 1.807) is 0 Å². The van der Waals surface area contributed by atoms with Gasteiger partial charge in [-0.2, -0.15) is 0 Å². The molecule has 0 aliphatic carbocycles. The number of hydrogen-bond acceptors (Lipinski definition) is 2. The van der Waals surface area contributed by atoms with Crippen LogP contribution in [0.5, 0.6) is 0 Å². The van der Waals surface area contributed by atoms with Crippen LogP contribution in [0.15, 0.2) is 47.4 Å². The molecule has 0 amide bonds. The van der Waals surface area contributed by atoms with Crippen molar-refractivity contribution in [3.8, 4) is 0 Å². The lowest BCUT2D eigenvalue weighted by molar-refractivity contribution is 1.64. The standard InChI is InChI=1S/C12H10S3/c1-9-8-13-15-12(9)7-11(14-15)10-5-3-2-4-6-10/h2-8H,1H3. The van der Waals surface area contributed by atoms with Crippen LogP contribution in [0.2, 0.25) is 0 Å². The summed E-state index contributed by atoms with van der Waals surface area (Å²) in [4.78, 5) is 2.96. The molecule has 0 fully saturated rings. The molecule has 0 saturated carbocycles. The molecular weight excluding hydrogens is 240 g/mol. The van der Waals surface area contributed by atoms with Gasteiger partial charge in [-0.3, -0.25) is 0 Å². The summed E-state index contributed by atoms with van der Waals surface area (Å²) in [7, 11) is 4.30. The van der Waals surface area contributed by atoms with Crippen molar-refractivity contribution in [3.63, 3.8) is 0 Å². The Bertz CT molecular complexity index is 495. The van der Waals surface area contributed by atoms with Gasteiger partial charge in [-0.25, -0.2) is 0 Å². The number of benzene rings is 1. The van der Waals surface area contributed by atoms with Crippen LogP contribution in [0.4, 0.5) is 0 Å². The highest BCUT2D eigenvalue weighted by Gasteiger charge is 2.22. The van der Waals surface area contributed by atoms with Gasteiger partial charge in [0.25, 0.3) is 0 Å². The highest BCUT2D eigenvalue weighted by atomic mass is 33.5. The molecule has 1 aromatic carbocycles. The fraction of sp³-hybridized carbons (Fsp3) is 0.0833. The van der Waals surface area contributed by atoms with Crippen molar-refractivity contribution in [1.29, 1.82) is 0 Å². The largest absolute Gasteiger partial charge is 0.0622 e. The van der Waals surface area contributed by atoms with E-state index in [-0.39, 0.29) is 0 Å². The average Bonchev–Trinajstić information content (AvgIpc) is 2.83. The summed E-state index contributed by atoms with van der Waals surface area (Å²) in [6.45, 7) is 2.21. The molecule has 0 bridgehead atoms. The Morgan fingerprint density at radius 2 is 1.93 bits per heavy atom. The van der Waals surface area contributed by atoms with E-state index in [0.717, 1.165) is 0 Å². The third-order valence-electron chi connectivity index (χ3n) is 2.37. The highest BCUT2D eigenvalue weighted by molar-refractivity contribution is 9.18. The van der Waals surface area contributed by atoms with Gasteiger partial charge in [0, 0.05) is 9.77 Å². The molecule has 3 rings (SSSR count). The molecule has 2 aliphatic rings. The van der Waals surface area contributed by atoms with Gasteiger partial charge in [-0.1, -0.05) is 60.5 Å². The maximum Gasteiger partial charge on any atom is 0.0270 e. The van der Waals surface area contributed by atoms with Gasteiger partial charge < -0.3 is 0 Å². The van der Waals surface area contributed by atoms with Crippen molar-refractivity contribution < 1.29 is 0 Å². The van der Waals surface area contributed by atoms with E-state index in [1.807, 2.05) is 21.6 Å². The first-order valence-electron chi connectivity index (χ1n) is 4.75. The van der Waals surface area contributed by atoms with Gasteiger partial charge in [-0.05, 0) is 29.5 Å². The number of allylic oxidation sites excluding steroid dienone is 2.